The number of aryl methyl sites for hydroxylation is 3. The maximum Gasteiger partial charge on any atom is 0.263 e. The van der Waals surface area contributed by atoms with Gasteiger partial charge in [-0.05, 0) is 48.7 Å². The van der Waals surface area contributed by atoms with Crippen LogP contribution in [0.1, 0.15) is 34.2 Å². The first-order valence-electron chi connectivity index (χ1n) is 9.76. The Bertz CT molecular complexity index is 1320. The number of Topliss-reactive ketones (excluding diaryl/α,β-unsaturated/α-hetero) is 1. The van der Waals surface area contributed by atoms with Crippen molar-refractivity contribution >= 4 is 27.3 Å². The van der Waals surface area contributed by atoms with Crippen molar-refractivity contribution in [2.75, 3.05) is 0 Å². The normalized spacial score (nSPS) is 11.2. The molecule has 0 aliphatic rings. The molecule has 0 radical (unpaired) electrons. The number of nitrogens with zero attached hydrogens (tertiary/aromatic N) is 2. The Morgan fingerprint density at radius 3 is 2.50 bits per heavy atom. The minimum Gasteiger partial charge on any atom is -0.292 e. The fourth-order valence-electron chi connectivity index (χ4n) is 3.49. The molecule has 0 saturated heterocycles. The van der Waals surface area contributed by atoms with Crippen LogP contribution in [-0.4, -0.2) is 15.3 Å². The third-order valence-electron chi connectivity index (χ3n) is 5.37. The first-order valence-corrected chi connectivity index (χ1v) is 10.6. The Balaban J connectivity index is 1.82. The lowest BCUT2D eigenvalue weighted by molar-refractivity contribution is 0.0969. The molecule has 2 aromatic heterocycles. The summed E-state index contributed by atoms with van der Waals surface area (Å²) in [7, 11) is 0. The van der Waals surface area contributed by atoms with E-state index in [-0.39, 0.29) is 23.7 Å². The number of aromatic nitrogens is 2. The zero-order valence-electron chi connectivity index (χ0n) is 17.0. The molecule has 4 nitrogen and oxygen atoms in total. The van der Waals surface area contributed by atoms with Gasteiger partial charge in [0.2, 0.25) is 0 Å². The highest BCUT2D eigenvalue weighted by atomic mass is 32.1. The largest absolute Gasteiger partial charge is 0.292 e. The zero-order valence-corrected chi connectivity index (χ0v) is 17.8. The SMILES string of the molecule is CCc1nc2scc(-c3ccc(F)cc3)c2c(=O)n1CC(=O)c1ccc(C)c(C)c1. The molecule has 0 aliphatic heterocycles. The summed E-state index contributed by atoms with van der Waals surface area (Å²) in [6.07, 6.45) is 0.537. The predicted octanol–water partition coefficient (Wildman–Crippen LogP) is 5.33. The summed E-state index contributed by atoms with van der Waals surface area (Å²) in [5.41, 5.74) is 3.95. The molecule has 4 rings (SSSR count). The molecule has 2 heterocycles. The summed E-state index contributed by atoms with van der Waals surface area (Å²) in [6, 6.07) is 11.6. The summed E-state index contributed by atoms with van der Waals surface area (Å²) >= 11 is 1.38. The first kappa shape index (κ1) is 20.2. The van der Waals surface area contributed by atoms with E-state index in [2.05, 4.69) is 4.98 Å². The van der Waals surface area contributed by atoms with E-state index in [0.717, 1.165) is 16.7 Å². The lowest BCUT2D eigenvalue weighted by Crippen LogP contribution is -2.28. The second-order valence-corrected chi connectivity index (χ2v) is 8.19. The van der Waals surface area contributed by atoms with Crippen molar-refractivity contribution in [3.63, 3.8) is 0 Å². The van der Waals surface area contributed by atoms with Gasteiger partial charge in [0.1, 0.15) is 16.5 Å². The number of hydrogen-bond acceptors (Lipinski definition) is 4. The molecule has 0 fully saturated rings. The van der Waals surface area contributed by atoms with Gasteiger partial charge in [0.25, 0.3) is 5.56 Å². The van der Waals surface area contributed by atoms with E-state index in [1.165, 1.54) is 28.0 Å². The maximum atomic E-state index is 13.4. The van der Waals surface area contributed by atoms with Gasteiger partial charge in [-0.2, -0.15) is 0 Å². The van der Waals surface area contributed by atoms with E-state index < -0.39 is 0 Å². The van der Waals surface area contributed by atoms with Gasteiger partial charge in [-0.25, -0.2) is 9.37 Å². The van der Waals surface area contributed by atoms with Gasteiger partial charge >= 0.3 is 0 Å². The zero-order chi connectivity index (χ0) is 21.4. The van der Waals surface area contributed by atoms with Gasteiger partial charge in [-0.1, -0.05) is 31.2 Å². The van der Waals surface area contributed by atoms with E-state index in [1.54, 1.807) is 18.2 Å². The summed E-state index contributed by atoms with van der Waals surface area (Å²) in [5, 5.41) is 2.33. The third kappa shape index (κ3) is 3.59. The van der Waals surface area contributed by atoms with Crippen LogP contribution in [0.15, 0.2) is 52.6 Å². The van der Waals surface area contributed by atoms with Crippen LogP contribution in [0.25, 0.3) is 21.3 Å². The Morgan fingerprint density at radius 1 is 1.10 bits per heavy atom. The van der Waals surface area contributed by atoms with E-state index in [9.17, 15) is 14.0 Å². The molecule has 2 aromatic carbocycles. The maximum absolute atomic E-state index is 13.4. The van der Waals surface area contributed by atoms with Gasteiger partial charge in [-0.15, -0.1) is 11.3 Å². The van der Waals surface area contributed by atoms with Crippen molar-refractivity contribution < 1.29 is 9.18 Å². The van der Waals surface area contributed by atoms with Crippen LogP contribution in [0.5, 0.6) is 0 Å². The van der Waals surface area contributed by atoms with Crippen molar-refractivity contribution in [1.29, 1.82) is 0 Å². The van der Waals surface area contributed by atoms with Gasteiger partial charge in [0.15, 0.2) is 5.78 Å². The number of carbonyl (C=O) groups excluding carboxylic acids is 1. The topological polar surface area (TPSA) is 52.0 Å². The summed E-state index contributed by atoms with van der Waals surface area (Å²) < 4.78 is 14.8. The van der Waals surface area contributed by atoms with Gasteiger partial charge in [0.05, 0.1) is 11.9 Å². The van der Waals surface area contributed by atoms with Crippen molar-refractivity contribution in [2.24, 2.45) is 0 Å². The first-order chi connectivity index (χ1) is 14.4. The highest BCUT2D eigenvalue weighted by Crippen LogP contribution is 2.31. The number of rotatable bonds is 5. The Hall–Kier alpha value is -3.12. The number of ketones is 1. The van der Waals surface area contributed by atoms with Crippen molar-refractivity contribution in [2.45, 2.75) is 33.7 Å². The van der Waals surface area contributed by atoms with E-state index in [0.29, 0.717) is 33.6 Å². The Kier molecular flexibility index (Phi) is 5.35. The van der Waals surface area contributed by atoms with E-state index >= 15 is 0 Å². The number of fused-ring (bicyclic) bond motifs is 1. The van der Waals surface area contributed by atoms with Crippen LogP contribution in [0.3, 0.4) is 0 Å². The number of benzene rings is 2. The van der Waals surface area contributed by atoms with Crippen LogP contribution in [0.4, 0.5) is 4.39 Å². The van der Waals surface area contributed by atoms with Gasteiger partial charge in [0, 0.05) is 22.9 Å². The second kappa shape index (κ2) is 7.95. The van der Waals surface area contributed by atoms with Crippen molar-refractivity contribution in [1.82, 2.24) is 9.55 Å². The molecule has 30 heavy (non-hydrogen) atoms. The molecule has 0 atom stereocenters. The third-order valence-corrected chi connectivity index (χ3v) is 6.25. The molecule has 4 aromatic rings. The smallest absolute Gasteiger partial charge is 0.263 e. The quantitative estimate of drug-likeness (QED) is 0.410. The molecule has 0 bridgehead atoms. The standard InChI is InChI=1S/C24H21FN2O2S/c1-4-21-26-23-22(19(13-30-23)16-7-9-18(25)10-8-16)24(29)27(21)12-20(28)17-6-5-14(2)15(3)11-17/h5-11,13H,4,12H2,1-3H3. The average Bonchev–Trinajstić information content (AvgIpc) is 3.16. The summed E-state index contributed by atoms with van der Waals surface area (Å²) in [4.78, 5) is 31.6. The minimum absolute atomic E-state index is 0.0633. The molecule has 0 spiro atoms. The predicted molar refractivity (Wildman–Crippen MR) is 119 cm³/mol. The fraction of sp³-hybridized carbons (Fsp3) is 0.208. The molecule has 152 valence electrons. The highest BCUT2D eigenvalue weighted by Gasteiger charge is 2.19. The molecule has 0 unspecified atom stereocenters. The molecule has 0 aliphatic carbocycles. The molecular weight excluding hydrogens is 399 g/mol. The van der Waals surface area contributed by atoms with E-state index in [4.69, 9.17) is 0 Å². The van der Waals surface area contributed by atoms with Crippen LogP contribution in [0.2, 0.25) is 0 Å². The van der Waals surface area contributed by atoms with Crippen molar-refractivity contribution in [3.05, 3.63) is 86.5 Å². The number of carbonyl (C=O) groups is 1. The van der Waals surface area contributed by atoms with E-state index in [1.807, 2.05) is 38.3 Å². The number of hydrogen-bond donors (Lipinski definition) is 0. The molecule has 0 amide bonds. The highest BCUT2D eigenvalue weighted by molar-refractivity contribution is 7.17. The molecule has 0 N–H and O–H groups in total. The monoisotopic (exact) mass is 420 g/mol. The molecular formula is C24H21FN2O2S. The van der Waals surface area contributed by atoms with Crippen LogP contribution in [0, 0.1) is 19.7 Å². The Labute approximate surface area is 177 Å². The van der Waals surface area contributed by atoms with Crippen LogP contribution < -0.4 is 5.56 Å². The Morgan fingerprint density at radius 2 is 1.83 bits per heavy atom. The molecule has 6 heteroatoms. The fourth-order valence-corrected chi connectivity index (χ4v) is 4.45. The minimum atomic E-state index is -0.332. The van der Waals surface area contributed by atoms with Crippen LogP contribution >= 0.6 is 11.3 Å². The lowest BCUT2D eigenvalue weighted by Gasteiger charge is -2.12. The van der Waals surface area contributed by atoms with Gasteiger partial charge < -0.3 is 0 Å². The number of halogens is 1. The lowest BCUT2D eigenvalue weighted by atomic mass is 10.0. The van der Waals surface area contributed by atoms with Gasteiger partial charge in [-0.3, -0.25) is 14.2 Å². The summed E-state index contributed by atoms with van der Waals surface area (Å²) in [6.45, 7) is 5.81. The average molecular weight is 421 g/mol. The van der Waals surface area contributed by atoms with Crippen LogP contribution in [-0.2, 0) is 13.0 Å². The summed E-state index contributed by atoms with van der Waals surface area (Å²) in [5.74, 6) is 0.118. The van der Waals surface area contributed by atoms with Crippen molar-refractivity contribution in [3.8, 4) is 11.1 Å². The number of thiophene rings is 1. The second-order valence-electron chi connectivity index (χ2n) is 7.33. The molecule has 0 saturated carbocycles.